The number of guanidine groups is 1. The largest absolute Gasteiger partial charge is 0.457 e. The molecule has 0 saturated carbocycles. The van der Waals surface area contributed by atoms with Crippen LogP contribution in [0.3, 0.4) is 0 Å². The van der Waals surface area contributed by atoms with E-state index in [0.29, 0.717) is 5.75 Å². The number of fused-ring (bicyclic) bond motifs is 1. The van der Waals surface area contributed by atoms with Crippen LogP contribution in [0.25, 0.3) is 10.9 Å². The quantitative estimate of drug-likeness (QED) is 0.394. The zero-order valence-electron chi connectivity index (χ0n) is 15.3. The maximum absolute atomic E-state index is 13.6. The number of ether oxygens (including phenoxy) is 1. The number of carbonyl (C=O) groups is 1. The molecule has 1 aromatic heterocycles. The molecule has 0 radical (unpaired) electrons. The molecule has 29 heavy (non-hydrogen) atoms. The van der Waals surface area contributed by atoms with Gasteiger partial charge in [-0.15, -0.1) is 0 Å². The number of nitrogens with one attached hydrogen (secondary N) is 2. The van der Waals surface area contributed by atoms with Crippen molar-refractivity contribution >= 4 is 22.8 Å². The SMILES string of the molecule is CN=C(N)NC(=O)c1cc2c(C(F)(F)F)cc(Oc3cccc(CN)c3)cc2[nH]1. The molecule has 0 bridgehead atoms. The first-order chi connectivity index (χ1) is 13.7. The maximum Gasteiger partial charge on any atom is 0.417 e. The Morgan fingerprint density at radius 1 is 1.21 bits per heavy atom. The fourth-order valence-corrected chi connectivity index (χ4v) is 2.74. The van der Waals surface area contributed by atoms with Gasteiger partial charge in [0.1, 0.15) is 17.2 Å². The molecule has 0 spiro atoms. The minimum Gasteiger partial charge on any atom is -0.457 e. The molecular weight excluding hydrogens is 387 g/mol. The number of carbonyl (C=O) groups excluding carboxylic acids is 1. The van der Waals surface area contributed by atoms with Crippen molar-refractivity contribution < 1.29 is 22.7 Å². The highest BCUT2D eigenvalue weighted by Gasteiger charge is 2.34. The number of benzene rings is 2. The van der Waals surface area contributed by atoms with Crippen molar-refractivity contribution in [2.24, 2.45) is 16.5 Å². The summed E-state index contributed by atoms with van der Waals surface area (Å²) in [5.74, 6) is -0.566. The number of aromatic amines is 1. The van der Waals surface area contributed by atoms with Gasteiger partial charge in [-0.3, -0.25) is 15.1 Å². The first-order valence-electron chi connectivity index (χ1n) is 8.45. The highest BCUT2D eigenvalue weighted by molar-refractivity contribution is 6.07. The summed E-state index contributed by atoms with van der Waals surface area (Å²) in [7, 11) is 1.37. The summed E-state index contributed by atoms with van der Waals surface area (Å²) in [4.78, 5) is 18.4. The van der Waals surface area contributed by atoms with Crippen LogP contribution in [0.1, 0.15) is 21.6 Å². The van der Waals surface area contributed by atoms with Gasteiger partial charge in [0.2, 0.25) is 0 Å². The number of nitrogens with zero attached hydrogens (tertiary/aromatic N) is 1. The number of H-pyrrole nitrogens is 1. The lowest BCUT2D eigenvalue weighted by Gasteiger charge is -2.12. The maximum atomic E-state index is 13.6. The van der Waals surface area contributed by atoms with Crippen LogP contribution in [0.5, 0.6) is 11.5 Å². The average molecular weight is 405 g/mol. The van der Waals surface area contributed by atoms with Crippen LogP contribution in [0, 0.1) is 0 Å². The van der Waals surface area contributed by atoms with Crippen LogP contribution in [0.15, 0.2) is 47.5 Å². The second kappa shape index (κ2) is 7.84. The zero-order chi connectivity index (χ0) is 21.2. The molecule has 7 nitrogen and oxygen atoms in total. The van der Waals surface area contributed by atoms with Crippen molar-refractivity contribution in [1.29, 1.82) is 0 Å². The Bertz CT molecular complexity index is 1090. The van der Waals surface area contributed by atoms with Gasteiger partial charge in [-0.25, -0.2) is 0 Å². The van der Waals surface area contributed by atoms with Gasteiger partial charge in [0, 0.05) is 25.0 Å². The Balaban J connectivity index is 2.05. The van der Waals surface area contributed by atoms with E-state index >= 15 is 0 Å². The Morgan fingerprint density at radius 3 is 2.62 bits per heavy atom. The normalized spacial score (nSPS) is 12.2. The van der Waals surface area contributed by atoms with E-state index in [1.54, 1.807) is 24.3 Å². The molecular formula is C19H18F3N5O2. The smallest absolute Gasteiger partial charge is 0.417 e. The zero-order valence-corrected chi connectivity index (χ0v) is 15.3. The van der Waals surface area contributed by atoms with E-state index in [-0.39, 0.29) is 34.9 Å². The number of nitrogens with two attached hydrogens (primary N) is 2. The fraction of sp³-hybridized carbons (Fsp3) is 0.158. The molecule has 2 aromatic carbocycles. The number of halogens is 3. The topological polar surface area (TPSA) is 119 Å². The van der Waals surface area contributed by atoms with Gasteiger partial charge in [-0.05, 0) is 29.8 Å². The van der Waals surface area contributed by atoms with Crippen molar-refractivity contribution in [3.05, 3.63) is 59.3 Å². The molecule has 1 amide bonds. The lowest BCUT2D eigenvalue weighted by molar-refractivity contribution is -0.136. The van der Waals surface area contributed by atoms with Crippen molar-refractivity contribution in [3.63, 3.8) is 0 Å². The highest BCUT2D eigenvalue weighted by Crippen LogP contribution is 2.39. The van der Waals surface area contributed by atoms with Gasteiger partial charge < -0.3 is 21.2 Å². The third-order valence-corrected chi connectivity index (χ3v) is 4.11. The molecule has 0 aliphatic heterocycles. The van der Waals surface area contributed by atoms with Crippen molar-refractivity contribution in [1.82, 2.24) is 10.3 Å². The van der Waals surface area contributed by atoms with Gasteiger partial charge in [-0.2, -0.15) is 13.2 Å². The number of alkyl halides is 3. The predicted molar refractivity (Wildman–Crippen MR) is 103 cm³/mol. The monoisotopic (exact) mass is 405 g/mol. The van der Waals surface area contributed by atoms with E-state index in [1.807, 2.05) is 0 Å². The minimum atomic E-state index is -4.66. The van der Waals surface area contributed by atoms with Gasteiger partial charge in [0.05, 0.1) is 11.1 Å². The van der Waals surface area contributed by atoms with E-state index in [2.05, 4.69) is 15.3 Å². The molecule has 6 N–H and O–H groups in total. The van der Waals surface area contributed by atoms with E-state index in [1.165, 1.54) is 13.1 Å². The van der Waals surface area contributed by atoms with Crippen LogP contribution in [0.4, 0.5) is 13.2 Å². The molecule has 3 rings (SSSR count). The van der Waals surface area contributed by atoms with Crippen LogP contribution in [-0.4, -0.2) is 23.9 Å². The first-order valence-corrected chi connectivity index (χ1v) is 8.45. The summed E-state index contributed by atoms with van der Waals surface area (Å²) in [6.45, 7) is 0.267. The highest BCUT2D eigenvalue weighted by atomic mass is 19.4. The van der Waals surface area contributed by atoms with Gasteiger partial charge in [0.15, 0.2) is 5.96 Å². The summed E-state index contributed by atoms with van der Waals surface area (Å²) in [6.07, 6.45) is -4.66. The number of hydrogen-bond donors (Lipinski definition) is 4. The summed E-state index contributed by atoms with van der Waals surface area (Å²) in [5, 5.41) is 2.10. The Morgan fingerprint density at radius 2 is 1.97 bits per heavy atom. The minimum absolute atomic E-state index is 0.0394. The van der Waals surface area contributed by atoms with E-state index < -0.39 is 17.6 Å². The van der Waals surface area contributed by atoms with E-state index in [9.17, 15) is 18.0 Å². The molecule has 3 aromatic rings. The fourth-order valence-electron chi connectivity index (χ4n) is 2.74. The number of rotatable bonds is 4. The van der Waals surface area contributed by atoms with Crippen LogP contribution in [-0.2, 0) is 12.7 Å². The Kier molecular flexibility index (Phi) is 5.46. The predicted octanol–water partition coefficient (Wildman–Crippen LogP) is 3.11. The summed E-state index contributed by atoms with van der Waals surface area (Å²) < 4.78 is 46.4. The van der Waals surface area contributed by atoms with E-state index in [0.717, 1.165) is 17.7 Å². The van der Waals surface area contributed by atoms with Crippen LogP contribution >= 0.6 is 0 Å². The van der Waals surface area contributed by atoms with Crippen molar-refractivity contribution in [2.75, 3.05) is 7.05 Å². The number of aliphatic imine (C=N–C) groups is 1. The number of amides is 1. The average Bonchev–Trinajstić information content (AvgIpc) is 3.10. The first kappa shape index (κ1) is 20.2. The van der Waals surface area contributed by atoms with Gasteiger partial charge in [0.25, 0.3) is 5.91 Å². The summed E-state index contributed by atoms with van der Waals surface area (Å²) >= 11 is 0. The molecule has 0 unspecified atom stereocenters. The molecule has 0 atom stereocenters. The third-order valence-electron chi connectivity index (χ3n) is 4.11. The molecule has 152 valence electrons. The van der Waals surface area contributed by atoms with E-state index in [4.69, 9.17) is 16.2 Å². The second-order valence-corrected chi connectivity index (χ2v) is 6.13. The molecule has 0 fully saturated rings. The Hall–Kier alpha value is -3.53. The third kappa shape index (κ3) is 4.49. The second-order valence-electron chi connectivity index (χ2n) is 6.13. The Labute approximate surface area is 163 Å². The molecule has 10 heteroatoms. The molecule has 0 aliphatic carbocycles. The molecule has 0 saturated heterocycles. The van der Waals surface area contributed by atoms with Gasteiger partial charge in [-0.1, -0.05) is 12.1 Å². The van der Waals surface area contributed by atoms with Crippen LogP contribution < -0.4 is 21.5 Å². The lowest BCUT2D eigenvalue weighted by Crippen LogP contribution is -2.36. The lowest BCUT2D eigenvalue weighted by atomic mass is 10.1. The summed E-state index contributed by atoms with van der Waals surface area (Å²) in [5.41, 5.74) is 10.8. The molecule has 1 heterocycles. The van der Waals surface area contributed by atoms with Crippen molar-refractivity contribution in [3.8, 4) is 11.5 Å². The standard InChI is InChI=1S/C19H18F3N5O2/c1-25-18(24)27-17(28)16-8-13-14(19(20,21)22)6-12(7-15(13)26-16)29-11-4-2-3-10(5-11)9-23/h2-8,26H,9,23H2,1H3,(H3,24,25,27,28). The van der Waals surface area contributed by atoms with Crippen molar-refractivity contribution in [2.45, 2.75) is 12.7 Å². The number of hydrogen-bond acceptors (Lipinski definition) is 4. The number of aromatic nitrogens is 1. The molecule has 0 aliphatic rings. The van der Waals surface area contributed by atoms with Crippen LogP contribution in [0.2, 0.25) is 0 Å². The van der Waals surface area contributed by atoms with Gasteiger partial charge >= 0.3 is 6.18 Å². The summed E-state index contributed by atoms with van der Waals surface area (Å²) in [6, 6.07) is 10.1.